The first-order valence-corrected chi connectivity index (χ1v) is 6.98. The van der Waals surface area contributed by atoms with Gasteiger partial charge in [0.1, 0.15) is 0 Å². The van der Waals surface area contributed by atoms with Gasteiger partial charge < -0.3 is 5.32 Å². The SMILES string of the molecule is CNC1CCC(C)CC1N1CCCC1(C)C. The highest BCUT2D eigenvalue weighted by atomic mass is 15.3. The third-order valence-corrected chi connectivity index (χ3v) is 4.82. The zero-order chi connectivity index (χ0) is 11.8. The number of rotatable bonds is 2. The first-order valence-electron chi connectivity index (χ1n) is 6.98. The normalized spacial score (nSPS) is 40.1. The highest BCUT2D eigenvalue weighted by molar-refractivity contribution is 4.98. The van der Waals surface area contributed by atoms with Crippen LogP contribution in [0.2, 0.25) is 0 Å². The van der Waals surface area contributed by atoms with Crippen molar-refractivity contribution in [1.82, 2.24) is 10.2 Å². The van der Waals surface area contributed by atoms with E-state index in [0.717, 1.165) is 12.0 Å². The molecule has 1 saturated heterocycles. The van der Waals surface area contributed by atoms with E-state index in [1.165, 1.54) is 38.6 Å². The van der Waals surface area contributed by atoms with Gasteiger partial charge in [0, 0.05) is 17.6 Å². The average molecular weight is 224 g/mol. The molecule has 1 saturated carbocycles. The molecular weight excluding hydrogens is 196 g/mol. The Labute approximate surface area is 101 Å². The molecule has 1 aliphatic carbocycles. The maximum atomic E-state index is 3.55. The van der Waals surface area contributed by atoms with Crippen LogP contribution in [-0.2, 0) is 0 Å². The molecular formula is C14H28N2. The van der Waals surface area contributed by atoms with Gasteiger partial charge >= 0.3 is 0 Å². The highest BCUT2D eigenvalue weighted by Crippen LogP contribution is 2.36. The van der Waals surface area contributed by atoms with Crippen molar-refractivity contribution >= 4 is 0 Å². The minimum Gasteiger partial charge on any atom is -0.315 e. The number of hydrogen-bond acceptors (Lipinski definition) is 2. The Kier molecular flexibility index (Phi) is 3.60. The van der Waals surface area contributed by atoms with E-state index < -0.39 is 0 Å². The fourth-order valence-corrected chi connectivity index (χ4v) is 3.78. The fraction of sp³-hybridized carbons (Fsp3) is 1.00. The second-order valence-electron chi connectivity index (χ2n) is 6.49. The smallest absolute Gasteiger partial charge is 0.0257 e. The third-order valence-electron chi connectivity index (χ3n) is 4.82. The summed E-state index contributed by atoms with van der Waals surface area (Å²) >= 11 is 0. The summed E-state index contributed by atoms with van der Waals surface area (Å²) in [5, 5.41) is 3.55. The van der Waals surface area contributed by atoms with Gasteiger partial charge in [0.05, 0.1) is 0 Å². The second kappa shape index (κ2) is 4.66. The molecule has 0 aromatic rings. The lowest BCUT2D eigenvalue weighted by Gasteiger charge is -2.46. The largest absolute Gasteiger partial charge is 0.315 e. The Balaban J connectivity index is 2.10. The maximum Gasteiger partial charge on any atom is 0.0257 e. The Bertz CT molecular complexity index is 237. The summed E-state index contributed by atoms with van der Waals surface area (Å²) in [5.41, 5.74) is 0.427. The molecule has 94 valence electrons. The summed E-state index contributed by atoms with van der Waals surface area (Å²) in [7, 11) is 2.14. The lowest BCUT2D eigenvalue weighted by Crippen LogP contribution is -2.56. The van der Waals surface area contributed by atoms with E-state index in [2.05, 4.69) is 38.0 Å². The van der Waals surface area contributed by atoms with Crippen LogP contribution < -0.4 is 5.32 Å². The van der Waals surface area contributed by atoms with Gasteiger partial charge in [0.2, 0.25) is 0 Å². The van der Waals surface area contributed by atoms with E-state index in [0.29, 0.717) is 11.6 Å². The van der Waals surface area contributed by atoms with E-state index in [9.17, 15) is 0 Å². The van der Waals surface area contributed by atoms with Gasteiger partial charge in [0.15, 0.2) is 0 Å². The van der Waals surface area contributed by atoms with Crippen molar-refractivity contribution in [3.05, 3.63) is 0 Å². The monoisotopic (exact) mass is 224 g/mol. The molecule has 0 spiro atoms. The molecule has 1 heterocycles. The van der Waals surface area contributed by atoms with Crippen molar-refractivity contribution in [3.8, 4) is 0 Å². The predicted octanol–water partition coefficient (Wildman–Crippen LogP) is 2.64. The van der Waals surface area contributed by atoms with Crippen molar-refractivity contribution in [3.63, 3.8) is 0 Å². The Morgan fingerprint density at radius 2 is 2.00 bits per heavy atom. The Morgan fingerprint density at radius 3 is 2.56 bits per heavy atom. The van der Waals surface area contributed by atoms with Gasteiger partial charge in [-0.25, -0.2) is 0 Å². The van der Waals surface area contributed by atoms with Gasteiger partial charge in [-0.2, -0.15) is 0 Å². The zero-order valence-electron chi connectivity index (χ0n) is 11.4. The van der Waals surface area contributed by atoms with E-state index in [4.69, 9.17) is 0 Å². The standard InChI is InChI=1S/C14H28N2/c1-11-6-7-12(15-4)13(10-11)16-9-5-8-14(16,2)3/h11-13,15H,5-10H2,1-4H3. The van der Waals surface area contributed by atoms with Crippen LogP contribution in [0.4, 0.5) is 0 Å². The number of hydrogen-bond donors (Lipinski definition) is 1. The molecule has 0 aromatic heterocycles. The van der Waals surface area contributed by atoms with Crippen molar-refractivity contribution < 1.29 is 0 Å². The van der Waals surface area contributed by atoms with Crippen LogP contribution in [0.25, 0.3) is 0 Å². The molecule has 2 fully saturated rings. The Morgan fingerprint density at radius 1 is 1.25 bits per heavy atom. The summed E-state index contributed by atoms with van der Waals surface area (Å²) in [5.74, 6) is 0.908. The van der Waals surface area contributed by atoms with Crippen molar-refractivity contribution in [1.29, 1.82) is 0 Å². The minimum atomic E-state index is 0.427. The third kappa shape index (κ3) is 2.28. The lowest BCUT2D eigenvalue weighted by molar-refractivity contribution is 0.0540. The summed E-state index contributed by atoms with van der Waals surface area (Å²) in [6.45, 7) is 8.57. The topological polar surface area (TPSA) is 15.3 Å². The van der Waals surface area contributed by atoms with Crippen LogP contribution in [-0.4, -0.2) is 36.1 Å². The van der Waals surface area contributed by atoms with Gasteiger partial charge in [0.25, 0.3) is 0 Å². The first-order chi connectivity index (χ1) is 7.54. The van der Waals surface area contributed by atoms with Gasteiger partial charge in [-0.3, -0.25) is 4.90 Å². The van der Waals surface area contributed by atoms with Crippen LogP contribution in [0.3, 0.4) is 0 Å². The summed E-state index contributed by atoms with van der Waals surface area (Å²) in [6, 6.07) is 1.49. The molecule has 2 heteroatoms. The number of nitrogens with one attached hydrogen (secondary N) is 1. The first kappa shape index (κ1) is 12.4. The summed E-state index contributed by atoms with van der Waals surface area (Å²) in [4.78, 5) is 2.78. The van der Waals surface area contributed by atoms with Crippen molar-refractivity contribution in [2.75, 3.05) is 13.6 Å². The molecule has 16 heavy (non-hydrogen) atoms. The number of likely N-dealkylation sites (tertiary alicyclic amines) is 1. The van der Waals surface area contributed by atoms with E-state index in [1.54, 1.807) is 0 Å². The molecule has 1 aliphatic heterocycles. The quantitative estimate of drug-likeness (QED) is 0.776. The summed E-state index contributed by atoms with van der Waals surface area (Å²) in [6.07, 6.45) is 6.89. The second-order valence-corrected chi connectivity index (χ2v) is 6.49. The zero-order valence-corrected chi connectivity index (χ0v) is 11.4. The maximum absolute atomic E-state index is 3.55. The predicted molar refractivity (Wildman–Crippen MR) is 69.7 cm³/mol. The van der Waals surface area contributed by atoms with Gasteiger partial charge in [-0.15, -0.1) is 0 Å². The van der Waals surface area contributed by atoms with E-state index in [-0.39, 0.29) is 0 Å². The fourth-order valence-electron chi connectivity index (χ4n) is 3.78. The minimum absolute atomic E-state index is 0.427. The Hall–Kier alpha value is -0.0800. The number of likely N-dealkylation sites (N-methyl/N-ethyl adjacent to an activating group) is 1. The van der Waals surface area contributed by atoms with Crippen LogP contribution in [0.15, 0.2) is 0 Å². The molecule has 0 bridgehead atoms. The van der Waals surface area contributed by atoms with Crippen LogP contribution in [0.1, 0.15) is 52.9 Å². The van der Waals surface area contributed by atoms with Crippen LogP contribution in [0.5, 0.6) is 0 Å². The molecule has 2 aliphatic rings. The summed E-state index contributed by atoms with van der Waals surface area (Å²) < 4.78 is 0. The van der Waals surface area contributed by atoms with Gasteiger partial charge in [-0.1, -0.05) is 6.92 Å². The molecule has 1 N–H and O–H groups in total. The van der Waals surface area contributed by atoms with Gasteiger partial charge in [-0.05, 0) is 65.5 Å². The van der Waals surface area contributed by atoms with Crippen LogP contribution >= 0.6 is 0 Å². The number of nitrogens with zero attached hydrogens (tertiary/aromatic N) is 1. The molecule has 0 amide bonds. The van der Waals surface area contributed by atoms with Crippen molar-refractivity contribution in [2.45, 2.75) is 70.5 Å². The molecule has 0 radical (unpaired) electrons. The molecule has 2 nitrogen and oxygen atoms in total. The molecule has 2 rings (SSSR count). The highest BCUT2D eigenvalue weighted by Gasteiger charge is 2.41. The van der Waals surface area contributed by atoms with E-state index in [1.807, 2.05) is 0 Å². The average Bonchev–Trinajstić information content (AvgIpc) is 2.58. The molecule has 3 atom stereocenters. The lowest BCUT2D eigenvalue weighted by atomic mass is 9.81. The molecule has 0 aromatic carbocycles. The molecule has 3 unspecified atom stereocenters. The van der Waals surface area contributed by atoms with E-state index >= 15 is 0 Å². The van der Waals surface area contributed by atoms with Crippen molar-refractivity contribution in [2.24, 2.45) is 5.92 Å². The van der Waals surface area contributed by atoms with Crippen LogP contribution in [0, 0.1) is 5.92 Å².